The van der Waals surface area contributed by atoms with Gasteiger partial charge in [-0.15, -0.1) is 0 Å². The standard InChI is InChI=1S/C11H13ClO3/c1-3-15-11(14)6-8-5-9(12)7(2)4-10(8)13/h4-5,13H,3,6H2,1-2H3. The number of esters is 1. The van der Waals surface area contributed by atoms with Crippen molar-refractivity contribution in [2.24, 2.45) is 0 Å². The third kappa shape index (κ3) is 3.13. The highest BCUT2D eigenvalue weighted by molar-refractivity contribution is 6.31. The molecule has 0 saturated heterocycles. The summed E-state index contributed by atoms with van der Waals surface area (Å²) in [7, 11) is 0. The molecule has 82 valence electrons. The Balaban J connectivity index is 2.86. The van der Waals surface area contributed by atoms with Crippen molar-refractivity contribution in [1.29, 1.82) is 0 Å². The number of hydrogen-bond acceptors (Lipinski definition) is 3. The van der Waals surface area contributed by atoms with Crippen molar-refractivity contribution >= 4 is 17.6 Å². The molecule has 0 atom stereocenters. The number of benzene rings is 1. The lowest BCUT2D eigenvalue weighted by Gasteiger charge is -2.06. The Kier molecular flexibility index (Phi) is 3.97. The van der Waals surface area contributed by atoms with Crippen LogP contribution in [0.25, 0.3) is 0 Å². The van der Waals surface area contributed by atoms with Crippen LogP contribution < -0.4 is 0 Å². The largest absolute Gasteiger partial charge is 0.508 e. The van der Waals surface area contributed by atoms with Gasteiger partial charge in [-0.25, -0.2) is 0 Å². The van der Waals surface area contributed by atoms with Crippen LogP contribution >= 0.6 is 11.6 Å². The third-order valence-electron chi connectivity index (χ3n) is 2.00. The van der Waals surface area contributed by atoms with E-state index in [0.717, 1.165) is 5.56 Å². The fraction of sp³-hybridized carbons (Fsp3) is 0.364. The van der Waals surface area contributed by atoms with E-state index in [1.54, 1.807) is 19.9 Å². The Hall–Kier alpha value is -1.22. The van der Waals surface area contributed by atoms with Crippen LogP contribution in [0.2, 0.25) is 5.02 Å². The molecule has 1 aromatic rings. The Morgan fingerprint density at radius 3 is 2.80 bits per heavy atom. The van der Waals surface area contributed by atoms with Gasteiger partial charge in [0.1, 0.15) is 5.75 Å². The van der Waals surface area contributed by atoms with E-state index in [1.165, 1.54) is 6.07 Å². The monoisotopic (exact) mass is 228 g/mol. The van der Waals surface area contributed by atoms with E-state index >= 15 is 0 Å². The van der Waals surface area contributed by atoms with Crippen LogP contribution in [0, 0.1) is 6.92 Å². The number of aromatic hydroxyl groups is 1. The number of carbonyl (C=O) groups excluding carboxylic acids is 1. The highest BCUT2D eigenvalue weighted by Gasteiger charge is 2.10. The molecule has 0 radical (unpaired) electrons. The van der Waals surface area contributed by atoms with E-state index < -0.39 is 0 Å². The molecule has 1 aromatic carbocycles. The minimum absolute atomic E-state index is 0.0413. The molecule has 1 N–H and O–H groups in total. The molecule has 0 fully saturated rings. The topological polar surface area (TPSA) is 46.5 Å². The lowest BCUT2D eigenvalue weighted by atomic mass is 10.1. The molecule has 1 rings (SSSR count). The second-order valence-corrected chi connectivity index (χ2v) is 3.62. The highest BCUT2D eigenvalue weighted by Crippen LogP contribution is 2.26. The number of hydrogen-bond donors (Lipinski definition) is 1. The van der Waals surface area contributed by atoms with Crippen LogP contribution in [0.5, 0.6) is 5.75 Å². The molecule has 15 heavy (non-hydrogen) atoms. The molecule has 0 aromatic heterocycles. The molecular formula is C11H13ClO3. The molecule has 0 aliphatic heterocycles. The molecule has 4 heteroatoms. The van der Waals surface area contributed by atoms with E-state index in [2.05, 4.69) is 0 Å². The van der Waals surface area contributed by atoms with Crippen LogP contribution in [0.15, 0.2) is 12.1 Å². The number of aryl methyl sites for hydroxylation is 1. The van der Waals surface area contributed by atoms with Crippen LogP contribution in [-0.2, 0) is 16.0 Å². The summed E-state index contributed by atoms with van der Waals surface area (Å²) in [6.45, 7) is 3.86. The Morgan fingerprint density at radius 1 is 1.53 bits per heavy atom. The van der Waals surface area contributed by atoms with Crippen LogP contribution in [0.1, 0.15) is 18.1 Å². The van der Waals surface area contributed by atoms with Crippen molar-refractivity contribution in [2.75, 3.05) is 6.61 Å². The van der Waals surface area contributed by atoms with Gasteiger partial charge in [0.2, 0.25) is 0 Å². The van der Waals surface area contributed by atoms with E-state index in [0.29, 0.717) is 17.2 Å². The average Bonchev–Trinajstić information content (AvgIpc) is 2.14. The Morgan fingerprint density at radius 2 is 2.20 bits per heavy atom. The molecule has 0 saturated carbocycles. The van der Waals surface area contributed by atoms with Gasteiger partial charge < -0.3 is 9.84 Å². The van der Waals surface area contributed by atoms with Gasteiger partial charge >= 0.3 is 5.97 Å². The first-order valence-electron chi connectivity index (χ1n) is 4.68. The summed E-state index contributed by atoms with van der Waals surface area (Å²) >= 11 is 5.88. The zero-order valence-electron chi connectivity index (χ0n) is 8.71. The van der Waals surface area contributed by atoms with Gasteiger partial charge in [0.15, 0.2) is 0 Å². The first-order chi connectivity index (χ1) is 7.04. The molecule has 0 aliphatic carbocycles. The molecular weight excluding hydrogens is 216 g/mol. The fourth-order valence-corrected chi connectivity index (χ4v) is 1.40. The van der Waals surface area contributed by atoms with Crippen molar-refractivity contribution in [3.05, 3.63) is 28.3 Å². The lowest BCUT2D eigenvalue weighted by Crippen LogP contribution is -2.07. The highest BCUT2D eigenvalue weighted by atomic mass is 35.5. The van der Waals surface area contributed by atoms with Gasteiger partial charge in [-0.3, -0.25) is 4.79 Å². The summed E-state index contributed by atoms with van der Waals surface area (Å²) in [6.07, 6.45) is 0.0413. The van der Waals surface area contributed by atoms with Crippen molar-refractivity contribution < 1.29 is 14.6 Å². The number of ether oxygens (including phenoxy) is 1. The van der Waals surface area contributed by atoms with Crippen LogP contribution in [0.4, 0.5) is 0 Å². The molecule has 3 nitrogen and oxygen atoms in total. The van der Waals surface area contributed by atoms with Gasteiger partial charge in [0.25, 0.3) is 0 Å². The first kappa shape index (κ1) is 11.9. The number of rotatable bonds is 3. The molecule has 0 bridgehead atoms. The molecule has 0 amide bonds. The van der Waals surface area contributed by atoms with Crippen molar-refractivity contribution in [3.63, 3.8) is 0 Å². The summed E-state index contributed by atoms with van der Waals surface area (Å²) in [6, 6.07) is 3.13. The maximum atomic E-state index is 11.2. The van der Waals surface area contributed by atoms with Gasteiger partial charge in [-0.2, -0.15) is 0 Å². The predicted molar refractivity (Wildman–Crippen MR) is 58.2 cm³/mol. The summed E-state index contributed by atoms with van der Waals surface area (Å²) < 4.78 is 4.78. The summed E-state index contributed by atoms with van der Waals surface area (Å²) in [4.78, 5) is 11.2. The fourth-order valence-electron chi connectivity index (χ4n) is 1.22. The Bertz CT molecular complexity index is 374. The number of halogens is 1. The van der Waals surface area contributed by atoms with Crippen molar-refractivity contribution in [3.8, 4) is 5.75 Å². The van der Waals surface area contributed by atoms with Crippen molar-refractivity contribution in [1.82, 2.24) is 0 Å². The lowest BCUT2D eigenvalue weighted by molar-refractivity contribution is -0.142. The minimum atomic E-state index is -0.368. The second-order valence-electron chi connectivity index (χ2n) is 3.21. The van der Waals surface area contributed by atoms with Crippen molar-refractivity contribution in [2.45, 2.75) is 20.3 Å². The zero-order chi connectivity index (χ0) is 11.4. The second kappa shape index (κ2) is 5.03. The first-order valence-corrected chi connectivity index (χ1v) is 5.06. The molecule has 0 aliphatic rings. The molecule has 0 heterocycles. The number of phenols is 1. The van der Waals surface area contributed by atoms with Crippen LogP contribution in [0.3, 0.4) is 0 Å². The maximum Gasteiger partial charge on any atom is 0.310 e. The predicted octanol–water partition coefficient (Wildman–Crippen LogP) is 2.46. The maximum absolute atomic E-state index is 11.2. The summed E-state index contributed by atoms with van der Waals surface area (Å²) in [5, 5.41) is 10.1. The number of phenolic OH excluding ortho intramolecular Hbond substituents is 1. The molecule has 0 unspecified atom stereocenters. The normalized spacial score (nSPS) is 10.1. The van der Waals surface area contributed by atoms with E-state index in [4.69, 9.17) is 16.3 Å². The van der Waals surface area contributed by atoms with Gasteiger partial charge in [0, 0.05) is 10.6 Å². The van der Waals surface area contributed by atoms with E-state index in [-0.39, 0.29) is 18.1 Å². The van der Waals surface area contributed by atoms with Gasteiger partial charge in [-0.05, 0) is 31.5 Å². The third-order valence-corrected chi connectivity index (χ3v) is 2.41. The average molecular weight is 229 g/mol. The summed E-state index contributed by atoms with van der Waals surface area (Å²) in [5.74, 6) is -0.294. The van der Waals surface area contributed by atoms with Crippen LogP contribution in [-0.4, -0.2) is 17.7 Å². The molecule has 0 spiro atoms. The van der Waals surface area contributed by atoms with Gasteiger partial charge in [0.05, 0.1) is 13.0 Å². The number of carbonyl (C=O) groups is 1. The zero-order valence-corrected chi connectivity index (χ0v) is 9.47. The van der Waals surface area contributed by atoms with E-state index in [9.17, 15) is 9.90 Å². The Labute approximate surface area is 93.6 Å². The smallest absolute Gasteiger partial charge is 0.310 e. The van der Waals surface area contributed by atoms with E-state index in [1.807, 2.05) is 0 Å². The SMILES string of the molecule is CCOC(=O)Cc1cc(Cl)c(C)cc1O. The van der Waals surface area contributed by atoms with Gasteiger partial charge in [-0.1, -0.05) is 11.6 Å². The summed E-state index contributed by atoms with van der Waals surface area (Å²) in [5.41, 5.74) is 1.27. The minimum Gasteiger partial charge on any atom is -0.508 e. The quantitative estimate of drug-likeness (QED) is 0.809.